The minimum absolute atomic E-state index is 0. The van der Waals surface area contributed by atoms with Crippen molar-refractivity contribution in [1.82, 2.24) is 0 Å². The SMILES string of the molecule is C=C(C)C(=O)O[N+](C)(C)Cc1ccccc1.[Cl-]. The van der Waals surface area contributed by atoms with Crippen molar-refractivity contribution in [2.45, 2.75) is 13.5 Å². The number of carbonyl (C=O) groups is 1. The molecule has 0 aliphatic carbocycles. The molecule has 0 radical (unpaired) electrons. The van der Waals surface area contributed by atoms with Crippen molar-refractivity contribution in [2.75, 3.05) is 14.1 Å². The Labute approximate surface area is 109 Å². The maximum atomic E-state index is 11.4. The standard InChI is InChI=1S/C13H18NO2.ClH/c1-11(2)13(15)16-14(3,4)10-12-8-6-5-7-9-12;/h5-9H,1,10H2,2-4H3;1H/q+1;/p-1. The van der Waals surface area contributed by atoms with Crippen molar-refractivity contribution in [2.24, 2.45) is 0 Å². The van der Waals surface area contributed by atoms with Crippen molar-refractivity contribution in [3.8, 4) is 0 Å². The van der Waals surface area contributed by atoms with Gasteiger partial charge in [-0.15, -0.1) is 4.65 Å². The molecule has 1 rings (SSSR count). The van der Waals surface area contributed by atoms with E-state index in [2.05, 4.69) is 6.58 Å². The second kappa shape index (κ2) is 6.42. The number of carbonyl (C=O) groups excluding carboxylic acids is 1. The molecule has 0 amide bonds. The first-order valence-corrected chi connectivity index (χ1v) is 5.17. The lowest BCUT2D eigenvalue weighted by atomic mass is 10.2. The number of benzene rings is 1. The maximum Gasteiger partial charge on any atom is 0.392 e. The van der Waals surface area contributed by atoms with Crippen molar-refractivity contribution in [1.29, 1.82) is 0 Å². The second-order valence-electron chi connectivity index (χ2n) is 4.38. The third kappa shape index (κ3) is 5.52. The van der Waals surface area contributed by atoms with E-state index >= 15 is 0 Å². The van der Waals surface area contributed by atoms with Gasteiger partial charge in [0.05, 0.1) is 0 Å². The molecule has 0 bridgehead atoms. The molecule has 94 valence electrons. The Kier molecular flexibility index (Phi) is 5.93. The molecule has 0 unspecified atom stereocenters. The number of hydroxylamine groups is 3. The summed E-state index contributed by atoms with van der Waals surface area (Å²) in [6.07, 6.45) is 0. The first kappa shape index (κ1) is 15.7. The van der Waals surface area contributed by atoms with Crippen LogP contribution in [0, 0.1) is 0 Å². The van der Waals surface area contributed by atoms with Gasteiger partial charge >= 0.3 is 5.97 Å². The first-order valence-electron chi connectivity index (χ1n) is 5.17. The van der Waals surface area contributed by atoms with Crippen LogP contribution < -0.4 is 12.4 Å². The summed E-state index contributed by atoms with van der Waals surface area (Å²) in [5, 5.41) is 0. The fraction of sp³-hybridized carbons (Fsp3) is 0.308. The van der Waals surface area contributed by atoms with Crippen LogP contribution in [0.2, 0.25) is 0 Å². The minimum atomic E-state index is -0.360. The van der Waals surface area contributed by atoms with Gasteiger partial charge in [0.15, 0.2) is 0 Å². The quantitative estimate of drug-likeness (QED) is 0.404. The summed E-state index contributed by atoms with van der Waals surface area (Å²) in [6.45, 7) is 5.84. The third-order valence-corrected chi connectivity index (χ3v) is 2.08. The van der Waals surface area contributed by atoms with E-state index in [1.165, 1.54) is 0 Å². The second-order valence-corrected chi connectivity index (χ2v) is 4.38. The molecular weight excluding hydrogens is 238 g/mol. The van der Waals surface area contributed by atoms with Crippen molar-refractivity contribution in [3.05, 3.63) is 48.0 Å². The van der Waals surface area contributed by atoms with E-state index in [-0.39, 0.29) is 23.0 Å². The number of quaternary nitrogens is 1. The Morgan fingerprint density at radius 1 is 1.29 bits per heavy atom. The van der Waals surface area contributed by atoms with Crippen LogP contribution in [0.25, 0.3) is 0 Å². The van der Waals surface area contributed by atoms with Gasteiger partial charge in [-0.25, -0.2) is 4.79 Å². The van der Waals surface area contributed by atoms with Crippen molar-refractivity contribution in [3.63, 3.8) is 0 Å². The van der Waals surface area contributed by atoms with Crippen molar-refractivity contribution < 1.29 is 26.7 Å². The van der Waals surface area contributed by atoms with Crippen LogP contribution in [-0.2, 0) is 16.2 Å². The number of hydrogen-bond donors (Lipinski definition) is 0. The molecule has 0 spiro atoms. The topological polar surface area (TPSA) is 26.3 Å². The summed E-state index contributed by atoms with van der Waals surface area (Å²) in [6, 6.07) is 9.92. The van der Waals surface area contributed by atoms with Crippen molar-refractivity contribution >= 4 is 5.97 Å². The molecule has 0 aliphatic rings. The molecule has 0 aromatic heterocycles. The van der Waals surface area contributed by atoms with E-state index in [0.29, 0.717) is 12.1 Å². The predicted octanol–water partition coefficient (Wildman–Crippen LogP) is -0.699. The van der Waals surface area contributed by atoms with E-state index in [9.17, 15) is 4.79 Å². The Morgan fingerprint density at radius 2 is 1.82 bits per heavy atom. The van der Waals surface area contributed by atoms with Gasteiger partial charge in [0.25, 0.3) is 0 Å². The van der Waals surface area contributed by atoms with Gasteiger partial charge in [-0.2, -0.15) is 0 Å². The van der Waals surface area contributed by atoms with Gasteiger partial charge < -0.3 is 12.4 Å². The minimum Gasteiger partial charge on any atom is -1.00 e. The highest BCUT2D eigenvalue weighted by molar-refractivity contribution is 5.86. The zero-order valence-electron chi connectivity index (χ0n) is 10.4. The summed E-state index contributed by atoms with van der Waals surface area (Å²) < 4.78 is 0.162. The molecule has 17 heavy (non-hydrogen) atoms. The van der Waals surface area contributed by atoms with Gasteiger partial charge in [-0.3, -0.25) is 4.84 Å². The van der Waals surface area contributed by atoms with Crippen LogP contribution in [0.3, 0.4) is 0 Å². The Morgan fingerprint density at radius 3 is 2.29 bits per heavy atom. The highest BCUT2D eigenvalue weighted by atomic mass is 35.5. The number of rotatable bonds is 4. The van der Waals surface area contributed by atoms with E-state index < -0.39 is 0 Å². The zero-order chi connectivity index (χ0) is 12.2. The fourth-order valence-electron chi connectivity index (χ4n) is 1.36. The van der Waals surface area contributed by atoms with E-state index in [4.69, 9.17) is 4.84 Å². The molecule has 0 fully saturated rings. The molecule has 1 aromatic carbocycles. The Bertz CT molecular complexity index is 388. The Hall–Kier alpha value is -1.32. The summed E-state index contributed by atoms with van der Waals surface area (Å²) >= 11 is 0. The smallest absolute Gasteiger partial charge is 0.392 e. The highest BCUT2D eigenvalue weighted by Crippen LogP contribution is 2.11. The van der Waals surface area contributed by atoms with Crippen LogP contribution >= 0.6 is 0 Å². The number of halogens is 1. The zero-order valence-corrected chi connectivity index (χ0v) is 11.2. The average Bonchev–Trinajstić information content (AvgIpc) is 2.17. The van der Waals surface area contributed by atoms with Crippen LogP contribution in [0.4, 0.5) is 0 Å². The molecule has 3 nitrogen and oxygen atoms in total. The lowest BCUT2D eigenvalue weighted by Gasteiger charge is -2.26. The lowest BCUT2D eigenvalue weighted by molar-refractivity contribution is -1.07. The highest BCUT2D eigenvalue weighted by Gasteiger charge is 2.22. The molecule has 0 aliphatic heterocycles. The summed E-state index contributed by atoms with van der Waals surface area (Å²) in [5.74, 6) is -0.360. The Balaban J connectivity index is 0.00000256. The molecule has 0 atom stereocenters. The number of nitrogens with zero attached hydrogens (tertiary/aromatic N) is 1. The van der Waals surface area contributed by atoms with Gasteiger partial charge in [0, 0.05) is 11.1 Å². The van der Waals surface area contributed by atoms with E-state index in [0.717, 1.165) is 5.56 Å². The molecule has 0 N–H and O–H groups in total. The molecular formula is C13H18ClNO2. The van der Waals surface area contributed by atoms with Gasteiger partial charge in [0.1, 0.15) is 20.6 Å². The summed E-state index contributed by atoms with van der Waals surface area (Å²) in [4.78, 5) is 16.7. The van der Waals surface area contributed by atoms with Gasteiger partial charge in [0.2, 0.25) is 0 Å². The molecule has 0 saturated carbocycles. The lowest BCUT2D eigenvalue weighted by Crippen LogP contribution is -3.00. The molecule has 1 aromatic rings. The summed E-state index contributed by atoms with van der Waals surface area (Å²) in [5.41, 5.74) is 1.54. The van der Waals surface area contributed by atoms with Gasteiger partial charge in [-0.1, -0.05) is 36.9 Å². The normalized spacial score (nSPS) is 10.3. The van der Waals surface area contributed by atoms with Crippen LogP contribution in [0.1, 0.15) is 12.5 Å². The van der Waals surface area contributed by atoms with E-state index in [1.54, 1.807) is 6.92 Å². The maximum absolute atomic E-state index is 11.4. The van der Waals surface area contributed by atoms with E-state index in [1.807, 2.05) is 44.4 Å². The molecule has 0 saturated heterocycles. The number of hydrogen-bond acceptors (Lipinski definition) is 2. The van der Waals surface area contributed by atoms with Gasteiger partial charge in [-0.05, 0) is 6.92 Å². The van der Waals surface area contributed by atoms with Crippen LogP contribution in [-0.4, -0.2) is 24.7 Å². The van der Waals surface area contributed by atoms with Crippen LogP contribution in [0.15, 0.2) is 42.5 Å². The predicted molar refractivity (Wildman–Crippen MR) is 63.2 cm³/mol. The molecule has 4 heteroatoms. The fourth-order valence-corrected chi connectivity index (χ4v) is 1.36. The monoisotopic (exact) mass is 255 g/mol. The third-order valence-electron chi connectivity index (χ3n) is 2.08. The molecule has 0 heterocycles. The summed E-state index contributed by atoms with van der Waals surface area (Å²) in [7, 11) is 3.68. The largest absolute Gasteiger partial charge is 1.00 e. The van der Waals surface area contributed by atoms with Crippen LogP contribution in [0.5, 0.6) is 0 Å². The average molecular weight is 256 g/mol. The first-order chi connectivity index (χ1) is 7.41.